The minimum absolute atomic E-state index is 0.00182. The van der Waals surface area contributed by atoms with Crippen molar-refractivity contribution in [1.82, 2.24) is 9.78 Å². The maximum absolute atomic E-state index is 10.6. The Labute approximate surface area is 102 Å². The average Bonchev–Trinajstić information content (AvgIpc) is 2.67. The standard InChI is InChI=1S/C10H10N4O2S/c1-13-6-8(5-12-13)17-10-3-2-7(14(15)16)4-9(10)11/h2-6H,11H2,1H3. The van der Waals surface area contributed by atoms with Crippen LogP contribution in [0.3, 0.4) is 0 Å². The van der Waals surface area contributed by atoms with Crippen LogP contribution in [0, 0.1) is 10.1 Å². The number of nitro groups is 1. The van der Waals surface area contributed by atoms with Crippen molar-refractivity contribution in [3.63, 3.8) is 0 Å². The van der Waals surface area contributed by atoms with E-state index in [0.29, 0.717) is 5.69 Å². The largest absolute Gasteiger partial charge is 0.398 e. The van der Waals surface area contributed by atoms with Crippen molar-refractivity contribution in [2.75, 3.05) is 5.73 Å². The van der Waals surface area contributed by atoms with Crippen LogP contribution >= 0.6 is 11.8 Å². The van der Waals surface area contributed by atoms with Gasteiger partial charge in [0.05, 0.1) is 21.7 Å². The summed E-state index contributed by atoms with van der Waals surface area (Å²) in [6.07, 6.45) is 3.57. The van der Waals surface area contributed by atoms with Crippen molar-refractivity contribution in [3.05, 3.63) is 40.7 Å². The fraction of sp³-hybridized carbons (Fsp3) is 0.100. The number of non-ortho nitro benzene ring substituents is 1. The maximum atomic E-state index is 10.6. The molecule has 0 bridgehead atoms. The molecule has 0 aliphatic rings. The van der Waals surface area contributed by atoms with Crippen LogP contribution in [0.2, 0.25) is 0 Å². The third-order valence-corrected chi connectivity index (χ3v) is 3.15. The fourth-order valence-electron chi connectivity index (χ4n) is 1.32. The summed E-state index contributed by atoms with van der Waals surface area (Å²) in [5.74, 6) is 0. The molecular formula is C10H10N4O2S. The molecular weight excluding hydrogens is 240 g/mol. The van der Waals surface area contributed by atoms with Crippen molar-refractivity contribution >= 4 is 23.1 Å². The van der Waals surface area contributed by atoms with Gasteiger partial charge in [-0.1, -0.05) is 11.8 Å². The topological polar surface area (TPSA) is 87.0 Å². The molecule has 0 atom stereocenters. The molecule has 6 nitrogen and oxygen atoms in total. The lowest BCUT2D eigenvalue weighted by molar-refractivity contribution is -0.384. The third-order valence-electron chi connectivity index (χ3n) is 2.11. The molecule has 0 unspecified atom stereocenters. The molecule has 0 fully saturated rings. The molecule has 1 heterocycles. The number of rotatable bonds is 3. The van der Waals surface area contributed by atoms with Gasteiger partial charge in [0.2, 0.25) is 0 Å². The lowest BCUT2D eigenvalue weighted by Gasteiger charge is -2.02. The number of anilines is 1. The van der Waals surface area contributed by atoms with Crippen molar-refractivity contribution in [2.45, 2.75) is 9.79 Å². The minimum atomic E-state index is -0.463. The maximum Gasteiger partial charge on any atom is 0.271 e. The summed E-state index contributed by atoms with van der Waals surface area (Å²) in [5.41, 5.74) is 6.16. The highest BCUT2D eigenvalue weighted by Crippen LogP contribution is 2.33. The highest BCUT2D eigenvalue weighted by atomic mass is 32.2. The summed E-state index contributed by atoms with van der Waals surface area (Å²) < 4.78 is 1.68. The number of nitrogen functional groups attached to an aromatic ring is 1. The molecule has 2 rings (SSSR count). The number of aromatic nitrogens is 2. The van der Waals surface area contributed by atoms with E-state index in [1.54, 1.807) is 16.9 Å². The Balaban J connectivity index is 2.25. The van der Waals surface area contributed by atoms with Gasteiger partial charge in [-0.05, 0) is 6.07 Å². The van der Waals surface area contributed by atoms with Crippen LogP contribution in [0.1, 0.15) is 0 Å². The Bertz CT molecular complexity index is 567. The molecule has 7 heteroatoms. The van der Waals surface area contributed by atoms with Crippen LogP contribution in [0.5, 0.6) is 0 Å². The van der Waals surface area contributed by atoms with E-state index in [1.807, 2.05) is 13.2 Å². The first-order valence-electron chi connectivity index (χ1n) is 4.76. The van der Waals surface area contributed by atoms with E-state index in [1.165, 1.54) is 23.9 Å². The van der Waals surface area contributed by atoms with Gasteiger partial charge in [-0.2, -0.15) is 5.10 Å². The summed E-state index contributed by atoms with van der Waals surface area (Å²) >= 11 is 1.42. The first kappa shape index (κ1) is 11.5. The summed E-state index contributed by atoms with van der Waals surface area (Å²) in [6, 6.07) is 4.44. The first-order valence-corrected chi connectivity index (χ1v) is 5.58. The van der Waals surface area contributed by atoms with E-state index in [0.717, 1.165) is 9.79 Å². The number of nitrogens with zero attached hydrogens (tertiary/aromatic N) is 3. The van der Waals surface area contributed by atoms with E-state index >= 15 is 0 Å². The van der Waals surface area contributed by atoms with Crippen LogP contribution in [0.4, 0.5) is 11.4 Å². The quantitative estimate of drug-likeness (QED) is 0.512. The average molecular weight is 250 g/mol. The number of aryl methyl sites for hydroxylation is 1. The normalized spacial score (nSPS) is 10.4. The Morgan fingerprint density at radius 3 is 2.82 bits per heavy atom. The van der Waals surface area contributed by atoms with Crippen molar-refractivity contribution < 1.29 is 4.92 Å². The SMILES string of the molecule is Cn1cc(Sc2ccc([N+](=O)[O-])cc2N)cn1. The van der Waals surface area contributed by atoms with Crippen LogP contribution in [-0.2, 0) is 7.05 Å². The Kier molecular flexibility index (Phi) is 3.01. The second-order valence-electron chi connectivity index (χ2n) is 3.43. The van der Waals surface area contributed by atoms with Gasteiger partial charge < -0.3 is 5.73 Å². The molecule has 0 saturated heterocycles. The molecule has 2 aromatic rings. The molecule has 1 aromatic carbocycles. The Hall–Kier alpha value is -2.02. The van der Waals surface area contributed by atoms with Crippen molar-refractivity contribution in [2.24, 2.45) is 7.05 Å². The highest BCUT2D eigenvalue weighted by molar-refractivity contribution is 7.99. The van der Waals surface area contributed by atoms with Gasteiger partial charge in [-0.25, -0.2) is 0 Å². The zero-order valence-corrected chi connectivity index (χ0v) is 9.85. The summed E-state index contributed by atoms with van der Waals surface area (Å²) in [7, 11) is 1.82. The number of nitrogens with two attached hydrogens (primary N) is 1. The minimum Gasteiger partial charge on any atom is -0.398 e. The lowest BCUT2D eigenvalue weighted by atomic mass is 10.3. The smallest absolute Gasteiger partial charge is 0.271 e. The molecule has 0 aliphatic carbocycles. The van der Waals surface area contributed by atoms with Crippen molar-refractivity contribution in [1.29, 1.82) is 0 Å². The van der Waals surface area contributed by atoms with Crippen LogP contribution in [0.25, 0.3) is 0 Å². The van der Waals surface area contributed by atoms with E-state index in [2.05, 4.69) is 5.10 Å². The second-order valence-corrected chi connectivity index (χ2v) is 4.55. The highest BCUT2D eigenvalue weighted by Gasteiger charge is 2.10. The van der Waals surface area contributed by atoms with Crippen LogP contribution in [-0.4, -0.2) is 14.7 Å². The summed E-state index contributed by atoms with van der Waals surface area (Å²) in [4.78, 5) is 11.8. The van der Waals surface area contributed by atoms with Gasteiger partial charge in [-0.15, -0.1) is 0 Å². The lowest BCUT2D eigenvalue weighted by Crippen LogP contribution is -1.92. The monoisotopic (exact) mass is 250 g/mol. The molecule has 1 aromatic heterocycles. The van der Waals surface area contributed by atoms with Crippen LogP contribution < -0.4 is 5.73 Å². The van der Waals surface area contributed by atoms with Gasteiger partial charge in [-0.3, -0.25) is 14.8 Å². The van der Waals surface area contributed by atoms with Gasteiger partial charge in [0, 0.05) is 30.3 Å². The molecule has 17 heavy (non-hydrogen) atoms. The number of benzene rings is 1. The van der Waals surface area contributed by atoms with Gasteiger partial charge in [0.1, 0.15) is 0 Å². The predicted octanol–water partition coefficient (Wildman–Crippen LogP) is 2.06. The zero-order chi connectivity index (χ0) is 12.4. The number of nitro benzene ring substituents is 1. The molecule has 0 radical (unpaired) electrons. The Morgan fingerprint density at radius 2 is 2.29 bits per heavy atom. The number of hydrogen-bond donors (Lipinski definition) is 1. The summed E-state index contributed by atoms with van der Waals surface area (Å²) in [5, 5.41) is 14.6. The fourth-order valence-corrected chi connectivity index (χ4v) is 2.19. The molecule has 88 valence electrons. The van der Waals surface area contributed by atoms with E-state index in [9.17, 15) is 10.1 Å². The van der Waals surface area contributed by atoms with Crippen LogP contribution in [0.15, 0.2) is 40.4 Å². The summed E-state index contributed by atoms with van der Waals surface area (Å²) in [6.45, 7) is 0. The van der Waals surface area contributed by atoms with E-state index < -0.39 is 4.92 Å². The molecule has 0 aliphatic heterocycles. The number of hydrogen-bond acceptors (Lipinski definition) is 5. The first-order chi connectivity index (χ1) is 8.06. The third kappa shape index (κ3) is 2.56. The molecule has 0 amide bonds. The zero-order valence-electron chi connectivity index (χ0n) is 9.03. The van der Waals surface area contributed by atoms with Gasteiger partial charge in [0.25, 0.3) is 5.69 Å². The van der Waals surface area contributed by atoms with Gasteiger partial charge in [0.15, 0.2) is 0 Å². The van der Waals surface area contributed by atoms with E-state index in [4.69, 9.17) is 5.73 Å². The van der Waals surface area contributed by atoms with Crippen molar-refractivity contribution in [3.8, 4) is 0 Å². The molecule has 0 spiro atoms. The predicted molar refractivity (Wildman–Crippen MR) is 64.8 cm³/mol. The Morgan fingerprint density at radius 1 is 1.53 bits per heavy atom. The van der Waals surface area contributed by atoms with E-state index in [-0.39, 0.29) is 5.69 Å². The molecule has 0 saturated carbocycles. The molecule has 2 N–H and O–H groups in total. The van der Waals surface area contributed by atoms with Gasteiger partial charge >= 0.3 is 0 Å². The second kappa shape index (κ2) is 4.46.